The summed E-state index contributed by atoms with van der Waals surface area (Å²) in [7, 11) is -7.43. The van der Waals surface area contributed by atoms with Crippen molar-refractivity contribution in [3.63, 3.8) is 0 Å². The molecular weight excluding hydrogens is 404 g/mol. The Bertz CT molecular complexity index is 987. The highest BCUT2D eigenvalue weighted by Crippen LogP contribution is 2.23. The summed E-state index contributed by atoms with van der Waals surface area (Å²) in [6.07, 6.45) is 2.95. The van der Waals surface area contributed by atoms with Gasteiger partial charge in [-0.3, -0.25) is 0 Å². The second kappa shape index (κ2) is 8.19. The van der Waals surface area contributed by atoms with Crippen molar-refractivity contribution in [1.29, 1.82) is 0 Å². The zero-order chi connectivity index (χ0) is 20.4. The van der Waals surface area contributed by atoms with E-state index in [1.54, 1.807) is 12.1 Å². The first-order valence-corrected chi connectivity index (χ1v) is 11.8. The van der Waals surface area contributed by atoms with E-state index in [1.165, 1.54) is 33.3 Å². The Morgan fingerprint density at radius 2 is 1.57 bits per heavy atom. The van der Waals surface area contributed by atoms with Gasteiger partial charge in [-0.2, -0.15) is 8.61 Å². The molecule has 0 radical (unpaired) electrons. The average Bonchev–Trinajstić information content (AvgIpc) is 3.06. The van der Waals surface area contributed by atoms with Gasteiger partial charge in [0, 0.05) is 26.2 Å². The Kier molecular flexibility index (Phi) is 6.08. The van der Waals surface area contributed by atoms with Crippen LogP contribution in [0, 0.1) is 0 Å². The average molecular weight is 429 g/mol. The number of hydrogen-bond donors (Lipinski definition) is 1. The number of nitrogens with one attached hydrogen (secondary N) is 1. The Hall–Kier alpha value is -1.95. The third kappa shape index (κ3) is 4.37. The van der Waals surface area contributed by atoms with Crippen LogP contribution in [0.5, 0.6) is 5.75 Å². The lowest BCUT2D eigenvalue weighted by molar-refractivity contribution is 0.242. The van der Waals surface area contributed by atoms with Gasteiger partial charge in [-0.1, -0.05) is 0 Å². The fourth-order valence-corrected chi connectivity index (χ4v) is 5.82. The standard InChI is InChI=1S/C17H24N4O5S2/c1-14(2)26-15-4-6-16(7-5-15)27(22,23)20-8-3-9-21(11-10-20)28(24,25)17-12-18-13-19-17/h4-7,12-14H,3,8-11H2,1-2H3,(H,18,19). The molecule has 1 aliphatic heterocycles. The Morgan fingerprint density at radius 1 is 0.964 bits per heavy atom. The monoisotopic (exact) mass is 428 g/mol. The number of imidazole rings is 1. The van der Waals surface area contributed by atoms with Crippen molar-refractivity contribution in [2.75, 3.05) is 26.2 Å². The van der Waals surface area contributed by atoms with Gasteiger partial charge in [0.1, 0.15) is 5.75 Å². The van der Waals surface area contributed by atoms with E-state index in [4.69, 9.17) is 4.74 Å². The highest BCUT2D eigenvalue weighted by atomic mass is 32.2. The topological polar surface area (TPSA) is 113 Å². The Labute approximate surface area is 165 Å². The summed E-state index contributed by atoms with van der Waals surface area (Å²) in [4.78, 5) is 6.50. The predicted octanol–water partition coefficient (Wildman–Crippen LogP) is 1.28. The summed E-state index contributed by atoms with van der Waals surface area (Å²) >= 11 is 0. The van der Waals surface area contributed by atoms with Crippen LogP contribution in [0.25, 0.3) is 0 Å². The van der Waals surface area contributed by atoms with Crippen molar-refractivity contribution >= 4 is 20.0 Å². The zero-order valence-electron chi connectivity index (χ0n) is 15.8. The predicted molar refractivity (Wildman–Crippen MR) is 103 cm³/mol. The summed E-state index contributed by atoms with van der Waals surface area (Å²) < 4.78 is 59.3. The number of aromatic nitrogens is 2. The molecule has 2 heterocycles. The largest absolute Gasteiger partial charge is 0.491 e. The number of hydrogen-bond acceptors (Lipinski definition) is 6. The van der Waals surface area contributed by atoms with Gasteiger partial charge in [0.2, 0.25) is 10.0 Å². The molecule has 0 amide bonds. The van der Waals surface area contributed by atoms with Crippen LogP contribution in [0.1, 0.15) is 20.3 Å². The first-order valence-electron chi connectivity index (χ1n) is 8.96. The molecule has 1 aliphatic rings. The zero-order valence-corrected chi connectivity index (χ0v) is 17.4. The second-order valence-electron chi connectivity index (χ2n) is 6.72. The molecule has 0 bridgehead atoms. The maximum atomic E-state index is 13.0. The van der Waals surface area contributed by atoms with Gasteiger partial charge in [0.15, 0.2) is 5.03 Å². The quantitative estimate of drug-likeness (QED) is 0.742. The minimum atomic E-state index is -3.72. The molecule has 0 aliphatic carbocycles. The third-order valence-electron chi connectivity index (χ3n) is 4.34. The summed E-state index contributed by atoms with van der Waals surface area (Å²) in [6.45, 7) is 4.45. The maximum absolute atomic E-state index is 13.0. The van der Waals surface area contributed by atoms with Gasteiger partial charge in [-0.25, -0.2) is 21.8 Å². The smallest absolute Gasteiger partial charge is 0.260 e. The van der Waals surface area contributed by atoms with Crippen molar-refractivity contribution in [2.24, 2.45) is 0 Å². The van der Waals surface area contributed by atoms with E-state index >= 15 is 0 Å². The molecule has 28 heavy (non-hydrogen) atoms. The highest BCUT2D eigenvalue weighted by molar-refractivity contribution is 7.89. The summed E-state index contributed by atoms with van der Waals surface area (Å²) in [5, 5.41) is 0.00421. The first-order chi connectivity index (χ1) is 13.2. The van der Waals surface area contributed by atoms with E-state index in [2.05, 4.69) is 9.97 Å². The molecule has 3 rings (SSSR count). The maximum Gasteiger partial charge on any atom is 0.260 e. The lowest BCUT2D eigenvalue weighted by Gasteiger charge is -2.21. The van der Waals surface area contributed by atoms with E-state index < -0.39 is 20.0 Å². The van der Waals surface area contributed by atoms with Gasteiger partial charge in [-0.15, -0.1) is 0 Å². The molecule has 1 saturated heterocycles. The van der Waals surface area contributed by atoms with Crippen molar-refractivity contribution in [2.45, 2.75) is 36.3 Å². The fraction of sp³-hybridized carbons (Fsp3) is 0.471. The van der Waals surface area contributed by atoms with E-state index in [0.29, 0.717) is 12.2 Å². The highest BCUT2D eigenvalue weighted by Gasteiger charge is 2.32. The number of H-pyrrole nitrogens is 1. The molecule has 1 fully saturated rings. The fourth-order valence-electron chi connectivity index (χ4n) is 2.99. The minimum absolute atomic E-state index is 0.00383. The third-order valence-corrected chi connectivity index (χ3v) is 8.08. The minimum Gasteiger partial charge on any atom is -0.491 e. The van der Waals surface area contributed by atoms with Crippen molar-refractivity contribution in [3.8, 4) is 5.75 Å². The Morgan fingerprint density at radius 3 is 2.11 bits per heavy atom. The second-order valence-corrected chi connectivity index (χ2v) is 10.6. The molecule has 1 N–H and O–H groups in total. The van der Waals surface area contributed by atoms with Gasteiger partial charge in [-0.05, 0) is 44.5 Å². The SMILES string of the molecule is CC(C)Oc1ccc(S(=O)(=O)N2CCCN(S(=O)(=O)c3cnc[nH]3)CC2)cc1. The van der Waals surface area contributed by atoms with Crippen LogP contribution in [0.15, 0.2) is 46.7 Å². The van der Waals surface area contributed by atoms with Gasteiger partial charge in [0.25, 0.3) is 10.0 Å². The van der Waals surface area contributed by atoms with Crippen LogP contribution in [-0.2, 0) is 20.0 Å². The summed E-state index contributed by atoms with van der Waals surface area (Å²) in [5.41, 5.74) is 0. The Balaban J connectivity index is 1.74. The lowest BCUT2D eigenvalue weighted by Crippen LogP contribution is -2.37. The van der Waals surface area contributed by atoms with Gasteiger partial charge >= 0.3 is 0 Å². The van der Waals surface area contributed by atoms with Crippen LogP contribution in [0.4, 0.5) is 0 Å². The number of benzene rings is 1. The molecule has 0 atom stereocenters. The normalized spacial score (nSPS) is 17.5. The van der Waals surface area contributed by atoms with Crippen LogP contribution in [-0.4, -0.2) is 67.7 Å². The van der Waals surface area contributed by atoms with E-state index in [9.17, 15) is 16.8 Å². The molecule has 1 aromatic heterocycles. The van der Waals surface area contributed by atoms with Crippen molar-refractivity contribution < 1.29 is 21.6 Å². The van der Waals surface area contributed by atoms with E-state index in [0.717, 1.165) is 0 Å². The number of rotatable bonds is 6. The molecule has 9 nitrogen and oxygen atoms in total. The van der Waals surface area contributed by atoms with Crippen LogP contribution >= 0.6 is 0 Å². The van der Waals surface area contributed by atoms with Gasteiger partial charge < -0.3 is 9.72 Å². The molecule has 0 spiro atoms. The van der Waals surface area contributed by atoms with Crippen molar-refractivity contribution in [3.05, 3.63) is 36.8 Å². The summed E-state index contributed by atoms with van der Waals surface area (Å²) in [5.74, 6) is 0.599. The van der Waals surface area contributed by atoms with E-state index in [-0.39, 0.29) is 42.2 Å². The van der Waals surface area contributed by atoms with Crippen LogP contribution < -0.4 is 4.74 Å². The van der Waals surface area contributed by atoms with Crippen molar-refractivity contribution in [1.82, 2.24) is 18.6 Å². The number of ether oxygens (including phenoxy) is 1. The van der Waals surface area contributed by atoms with Gasteiger partial charge in [0.05, 0.1) is 23.5 Å². The molecular formula is C17H24N4O5S2. The molecule has 2 aromatic rings. The number of nitrogens with zero attached hydrogens (tertiary/aromatic N) is 3. The number of sulfonamides is 2. The van der Waals surface area contributed by atoms with Crippen LogP contribution in [0.3, 0.4) is 0 Å². The van der Waals surface area contributed by atoms with Crippen LogP contribution in [0.2, 0.25) is 0 Å². The summed E-state index contributed by atoms with van der Waals surface area (Å²) in [6, 6.07) is 6.27. The molecule has 11 heteroatoms. The number of aromatic amines is 1. The molecule has 0 saturated carbocycles. The van der Waals surface area contributed by atoms with E-state index in [1.807, 2.05) is 13.8 Å². The molecule has 0 unspecified atom stereocenters. The lowest BCUT2D eigenvalue weighted by atomic mass is 10.3. The first kappa shape index (κ1) is 20.8. The molecule has 154 valence electrons. The molecule has 1 aromatic carbocycles.